The van der Waals surface area contributed by atoms with Crippen molar-refractivity contribution in [2.75, 3.05) is 0 Å². The van der Waals surface area contributed by atoms with Crippen LogP contribution in [0.1, 0.15) is 26.4 Å². The zero-order valence-corrected chi connectivity index (χ0v) is 14.4. The van der Waals surface area contributed by atoms with Gasteiger partial charge in [-0.2, -0.15) is 0 Å². The monoisotopic (exact) mass is 338 g/mol. The van der Waals surface area contributed by atoms with Crippen molar-refractivity contribution in [3.05, 3.63) is 75.7 Å². The van der Waals surface area contributed by atoms with E-state index in [1.54, 1.807) is 41.9 Å². The predicted molar refractivity (Wildman–Crippen MR) is 95.7 cm³/mol. The Labute approximate surface area is 145 Å². The second kappa shape index (κ2) is 7.27. The Morgan fingerprint density at radius 3 is 2.62 bits per heavy atom. The molecule has 0 bridgehead atoms. The van der Waals surface area contributed by atoms with Crippen LogP contribution in [0.2, 0.25) is 0 Å². The number of nitrogens with one attached hydrogen (secondary N) is 1. The third kappa shape index (κ3) is 3.81. The first-order chi connectivity index (χ1) is 11.6. The minimum atomic E-state index is -0.109. The van der Waals surface area contributed by atoms with Crippen LogP contribution in [0.15, 0.2) is 54.2 Å². The molecular formula is C19H18N2O2S. The average Bonchev–Trinajstić information content (AvgIpc) is 3.00. The Hall–Kier alpha value is -2.66. The largest absolute Gasteiger partial charge is 0.457 e. The lowest BCUT2D eigenvalue weighted by atomic mass is 10.1. The number of hydrogen-bond donors (Lipinski definition) is 1. The number of aromatic nitrogens is 1. The van der Waals surface area contributed by atoms with Crippen molar-refractivity contribution in [3.63, 3.8) is 0 Å². The fourth-order valence-corrected chi connectivity index (χ4v) is 3.08. The van der Waals surface area contributed by atoms with Crippen molar-refractivity contribution in [2.45, 2.75) is 20.4 Å². The number of pyridine rings is 1. The number of ether oxygens (including phenoxy) is 1. The molecule has 24 heavy (non-hydrogen) atoms. The van der Waals surface area contributed by atoms with Crippen molar-refractivity contribution in [1.82, 2.24) is 10.3 Å². The smallest absolute Gasteiger partial charge is 0.251 e. The molecule has 0 spiro atoms. The average molecular weight is 338 g/mol. The van der Waals surface area contributed by atoms with Crippen LogP contribution in [-0.4, -0.2) is 10.9 Å². The van der Waals surface area contributed by atoms with Gasteiger partial charge >= 0.3 is 0 Å². The highest BCUT2D eigenvalue weighted by atomic mass is 32.1. The SMILES string of the molecule is Cc1ccc(C(=O)NCc2sccc2C)cc1Oc1ccncc1. The van der Waals surface area contributed by atoms with E-state index in [-0.39, 0.29) is 5.91 Å². The second-order valence-electron chi connectivity index (χ2n) is 5.47. The molecule has 5 heteroatoms. The van der Waals surface area contributed by atoms with Crippen LogP contribution in [0, 0.1) is 13.8 Å². The van der Waals surface area contributed by atoms with Gasteiger partial charge < -0.3 is 10.1 Å². The molecule has 3 rings (SSSR count). The van der Waals surface area contributed by atoms with Crippen molar-refractivity contribution in [2.24, 2.45) is 0 Å². The Morgan fingerprint density at radius 1 is 1.12 bits per heavy atom. The van der Waals surface area contributed by atoms with Gasteiger partial charge in [-0.1, -0.05) is 6.07 Å². The van der Waals surface area contributed by atoms with Gasteiger partial charge in [0.25, 0.3) is 5.91 Å². The third-order valence-corrected chi connectivity index (χ3v) is 4.73. The number of nitrogens with zero attached hydrogens (tertiary/aromatic N) is 1. The number of thiophene rings is 1. The molecule has 1 aromatic carbocycles. The molecule has 0 aliphatic carbocycles. The standard InChI is InChI=1S/C19H18N2O2S/c1-13-3-4-15(11-17(13)23-16-5-8-20-9-6-16)19(22)21-12-18-14(2)7-10-24-18/h3-11H,12H2,1-2H3,(H,21,22). The lowest BCUT2D eigenvalue weighted by Crippen LogP contribution is -2.22. The lowest BCUT2D eigenvalue weighted by molar-refractivity contribution is 0.0951. The van der Waals surface area contributed by atoms with Gasteiger partial charge in [-0.25, -0.2) is 0 Å². The molecule has 0 atom stereocenters. The van der Waals surface area contributed by atoms with Crippen molar-refractivity contribution >= 4 is 17.2 Å². The van der Waals surface area contributed by atoms with Crippen LogP contribution in [0.4, 0.5) is 0 Å². The van der Waals surface area contributed by atoms with Gasteiger partial charge in [0.1, 0.15) is 11.5 Å². The molecule has 1 N–H and O–H groups in total. The van der Waals surface area contributed by atoms with Gasteiger partial charge in [0.2, 0.25) is 0 Å². The summed E-state index contributed by atoms with van der Waals surface area (Å²) in [5.41, 5.74) is 2.75. The Bertz CT molecular complexity index is 844. The summed E-state index contributed by atoms with van der Waals surface area (Å²) in [5.74, 6) is 1.25. The number of carbonyl (C=O) groups is 1. The van der Waals surface area contributed by atoms with E-state index in [0.717, 1.165) is 5.56 Å². The van der Waals surface area contributed by atoms with E-state index in [2.05, 4.69) is 16.4 Å². The van der Waals surface area contributed by atoms with Gasteiger partial charge in [0, 0.05) is 22.8 Å². The van der Waals surface area contributed by atoms with Crippen LogP contribution in [0.5, 0.6) is 11.5 Å². The number of carbonyl (C=O) groups excluding carboxylic acids is 1. The first-order valence-electron chi connectivity index (χ1n) is 7.63. The molecule has 0 saturated heterocycles. The molecule has 122 valence electrons. The molecular weight excluding hydrogens is 320 g/mol. The maximum absolute atomic E-state index is 12.4. The minimum Gasteiger partial charge on any atom is -0.457 e. The van der Waals surface area contributed by atoms with E-state index in [9.17, 15) is 4.79 Å². The summed E-state index contributed by atoms with van der Waals surface area (Å²) in [5, 5.41) is 4.99. The van der Waals surface area contributed by atoms with Crippen LogP contribution >= 0.6 is 11.3 Å². The van der Waals surface area contributed by atoms with E-state index < -0.39 is 0 Å². The van der Waals surface area contributed by atoms with Gasteiger partial charge in [-0.15, -0.1) is 11.3 Å². The fourth-order valence-electron chi connectivity index (χ4n) is 2.23. The summed E-state index contributed by atoms with van der Waals surface area (Å²) in [6.45, 7) is 4.54. The van der Waals surface area contributed by atoms with Gasteiger partial charge in [-0.3, -0.25) is 9.78 Å². The Morgan fingerprint density at radius 2 is 1.92 bits per heavy atom. The van der Waals surface area contributed by atoms with E-state index >= 15 is 0 Å². The lowest BCUT2D eigenvalue weighted by Gasteiger charge is -2.11. The van der Waals surface area contributed by atoms with Crippen molar-refractivity contribution in [3.8, 4) is 11.5 Å². The maximum atomic E-state index is 12.4. The predicted octanol–water partition coefficient (Wildman–Crippen LogP) is 4.48. The summed E-state index contributed by atoms with van der Waals surface area (Å²) in [6.07, 6.45) is 3.34. The summed E-state index contributed by atoms with van der Waals surface area (Å²) in [7, 11) is 0. The number of rotatable bonds is 5. The summed E-state index contributed by atoms with van der Waals surface area (Å²) in [6, 6.07) is 11.1. The van der Waals surface area contributed by atoms with E-state index in [1.807, 2.05) is 31.4 Å². The fraction of sp³-hybridized carbons (Fsp3) is 0.158. The van der Waals surface area contributed by atoms with E-state index in [1.165, 1.54) is 10.4 Å². The number of benzene rings is 1. The van der Waals surface area contributed by atoms with E-state index in [4.69, 9.17) is 4.74 Å². The van der Waals surface area contributed by atoms with Crippen LogP contribution < -0.4 is 10.1 Å². The molecule has 0 radical (unpaired) electrons. The van der Waals surface area contributed by atoms with Gasteiger partial charge in [-0.05, 0) is 60.7 Å². The first-order valence-corrected chi connectivity index (χ1v) is 8.51. The molecule has 4 nitrogen and oxygen atoms in total. The Balaban J connectivity index is 1.72. The molecule has 0 aliphatic rings. The topological polar surface area (TPSA) is 51.2 Å². The van der Waals surface area contributed by atoms with Crippen LogP contribution in [0.3, 0.4) is 0 Å². The first kappa shape index (κ1) is 16.2. The zero-order chi connectivity index (χ0) is 16.9. The van der Waals surface area contributed by atoms with Crippen LogP contribution in [-0.2, 0) is 6.54 Å². The molecule has 0 aliphatic heterocycles. The number of hydrogen-bond acceptors (Lipinski definition) is 4. The maximum Gasteiger partial charge on any atom is 0.251 e. The van der Waals surface area contributed by atoms with Crippen molar-refractivity contribution in [1.29, 1.82) is 0 Å². The molecule has 2 heterocycles. The second-order valence-corrected chi connectivity index (χ2v) is 6.48. The number of aryl methyl sites for hydroxylation is 2. The molecule has 0 fully saturated rings. The highest BCUT2D eigenvalue weighted by Crippen LogP contribution is 2.25. The van der Waals surface area contributed by atoms with E-state index in [0.29, 0.717) is 23.6 Å². The summed E-state index contributed by atoms with van der Waals surface area (Å²) in [4.78, 5) is 17.5. The molecule has 3 aromatic rings. The van der Waals surface area contributed by atoms with Gasteiger partial charge in [0.05, 0.1) is 6.54 Å². The van der Waals surface area contributed by atoms with Crippen molar-refractivity contribution < 1.29 is 9.53 Å². The quantitative estimate of drug-likeness (QED) is 0.746. The Kier molecular flexibility index (Phi) is 4.91. The highest BCUT2D eigenvalue weighted by molar-refractivity contribution is 7.10. The third-order valence-electron chi connectivity index (χ3n) is 3.71. The molecule has 0 saturated carbocycles. The van der Waals surface area contributed by atoms with Gasteiger partial charge in [0.15, 0.2) is 0 Å². The summed E-state index contributed by atoms with van der Waals surface area (Å²) < 4.78 is 5.85. The zero-order valence-electron chi connectivity index (χ0n) is 13.6. The summed E-state index contributed by atoms with van der Waals surface area (Å²) >= 11 is 1.65. The number of amides is 1. The molecule has 2 aromatic heterocycles. The molecule has 1 amide bonds. The van der Waals surface area contributed by atoms with Crippen LogP contribution in [0.25, 0.3) is 0 Å². The molecule has 0 unspecified atom stereocenters. The highest BCUT2D eigenvalue weighted by Gasteiger charge is 2.10. The normalized spacial score (nSPS) is 10.4. The minimum absolute atomic E-state index is 0.109.